The summed E-state index contributed by atoms with van der Waals surface area (Å²) < 4.78 is 17.0. The number of hydrogen-bond donors (Lipinski definition) is 2. The number of ether oxygens (including phenoxy) is 3. The third kappa shape index (κ3) is 6.36. The highest BCUT2D eigenvalue weighted by molar-refractivity contribution is 14.0. The maximum Gasteiger partial charge on any atom is 0.195 e. The lowest BCUT2D eigenvalue weighted by Gasteiger charge is -2.32. The number of pyridine rings is 1. The van der Waals surface area contributed by atoms with Crippen LogP contribution in [0.2, 0.25) is 0 Å². The van der Waals surface area contributed by atoms with Crippen LogP contribution in [0.1, 0.15) is 18.9 Å². The summed E-state index contributed by atoms with van der Waals surface area (Å²) in [5.41, 5.74) is 1.98. The third-order valence-electron chi connectivity index (χ3n) is 5.07. The highest BCUT2D eigenvalue weighted by Gasteiger charge is 2.17. The highest BCUT2D eigenvalue weighted by Crippen LogP contribution is 2.32. The van der Waals surface area contributed by atoms with Crippen molar-refractivity contribution in [2.24, 2.45) is 4.99 Å². The van der Waals surface area contributed by atoms with Gasteiger partial charge in [-0.25, -0.2) is 4.98 Å². The summed E-state index contributed by atoms with van der Waals surface area (Å²) in [5.74, 6) is 3.20. The van der Waals surface area contributed by atoms with Crippen molar-refractivity contribution in [3.05, 3.63) is 42.1 Å². The van der Waals surface area contributed by atoms with Crippen LogP contribution in [0.4, 0.5) is 11.5 Å². The molecule has 0 bridgehead atoms. The van der Waals surface area contributed by atoms with Gasteiger partial charge in [-0.05, 0) is 30.7 Å². The maximum atomic E-state index is 5.76. The van der Waals surface area contributed by atoms with E-state index in [-0.39, 0.29) is 30.1 Å². The molecule has 168 valence electrons. The van der Waals surface area contributed by atoms with E-state index in [0.29, 0.717) is 25.7 Å². The van der Waals surface area contributed by atoms with E-state index in [1.54, 1.807) is 7.05 Å². The number of morpholine rings is 1. The van der Waals surface area contributed by atoms with Gasteiger partial charge < -0.3 is 29.7 Å². The number of hydrogen-bond acceptors (Lipinski definition) is 6. The molecule has 9 heteroatoms. The predicted octanol–water partition coefficient (Wildman–Crippen LogP) is 3.27. The Hall–Kier alpha value is -2.27. The summed E-state index contributed by atoms with van der Waals surface area (Å²) in [7, 11) is 1.75. The predicted molar refractivity (Wildman–Crippen MR) is 133 cm³/mol. The summed E-state index contributed by atoms with van der Waals surface area (Å²) in [4.78, 5) is 11.2. The maximum absolute atomic E-state index is 5.76. The van der Waals surface area contributed by atoms with E-state index in [1.807, 2.05) is 24.4 Å². The standard InChI is InChI=1S/C22H29N5O3.HI/c1-16-15-27(8-11-28-16)21-7-4-17(13-24-21)14-25-22(23-2)26-18-5-6-19-20(12-18)30-10-3-9-29-19;/h4-7,12-13,16H,3,8-11,14-15H2,1-2H3,(H2,23,25,26);1H. The Bertz CT molecular complexity index is 878. The van der Waals surface area contributed by atoms with Crippen molar-refractivity contribution in [2.45, 2.75) is 26.0 Å². The van der Waals surface area contributed by atoms with Gasteiger partial charge in [0.25, 0.3) is 0 Å². The average molecular weight is 539 g/mol. The van der Waals surface area contributed by atoms with Crippen LogP contribution in [0.15, 0.2) is 41.5 Å². The van der Waals surface area contributed by atoms with E-state index in [4.69, 9.17) is 14.2 Å². The molecule has 0 saturated carbocycles. The first-order valence-corrected chi connectivity index (χ1v) is 10.4. The van der Waals surface area contributed by atoms with Crippen molar-refractivity contribution in [2.75, 3.05) is 50.2 Å². The monoisotopic (exact) mass is 539 g/mol. The number of halogens is 1. The smallest absolute Gasteiger partial charge is 0.195 e. The quantitative estimate of drug-likeness (QED) is 0.351. The molecule has 2 aromatic rings. The first-order valence-electron chi connectivity index (χ1n) is 10.4. The second kappa shape index (κ2) is 11.4. The fraction of sp³-hybridized carbons (Fsp3) is 0.455. The van der Waals surface area contributed by atoms with Crippen molar-refractivity contribution in [1.29, 1.82) is 0 Å². The third-order valence-corrected chi connectivity index (χ3v) is 5.07. The number of aromatic nitrogens is 1. The molecule has 8 nitrogen and oxygen atoms in total. The Labute approximate surface area is 200 Å². The minimum absolute atomic E-state index is 0. The van der Waals surface area contributed by atoms with Gasteiger partial charge in [0.1, 0.15) is 5.82 Å². The molecule has 0 amide bonds. The van der Waals surface area contributed by atoms with Gasteiger partial charge in [0, 0.05) is 51.1 Å². The van der Waals surface area contributed by atoms with E-state index in [1.165, 1.54) is 0 Å². The lowest BCUT2D eigenvalue weighted by molar-refractivity contribution is 0.0529. The van der Waals surface area contributed by atoms with Crippen LogP contribution < -0.4 is 25.0 Å². The van der Waals surface area contributed by atoms with Crippen molar-refractivity contribution < 1.29 is 14.2 Å². The minimum atomic E-state index is 0. The lowest BCUT2D eigenvalue weighted by Crippen LogP contribution is -2.41. The number of benzene rings is 1. The summed E-state index contributed by atoms with van der Waals surface area (Å²) >= 11 is 0. The number of fused-ring (bicyclic) bond motifs is 1. The summed E-state index contributed by atoms with van der Waals surface area (Å²) in [6.45, 7) is 6.55. The van der Waals surface area contributed by atoms with Crippen LogP contribution in [0.3, 0.4) is 0 Å². The van der Waals surface area contributed by atoms with Gasteiger partial charge in [0.15, 0.2) is 17.5 Å². The second-order valence-electron chi connectivity index (χ2n) is 7.41. The largest absolute Gasteiger partial charge is 0.490 e. The topological polar surface area (TPSA) is 80.2 Å². The van der Waals surface area contributed by atoms with Crippen LogP contribution in [0.25, 0.3) is 0 Å². The van der Waals surface area contributed by atoms with Crippen LogP contribution in [0, 0.1) is 0 Å². The molecule has 2 N–H and O–H groups in total. The van der Waals surface area contributed by atoms with E-state index >= 15 is 0 Å². The number of nitrogens with zero attached hydrogens (tertiary/aromatic N) is 3. The van der Waals surface area contributed by atoms with Crippen LogP contribution in [-0.2, 0) is 11.3 Å². The molecule has 1 aromatic carbocycles. The van der Waals surface area contributed by atoms with Gasteiger partial charge >= 0.3 is 0 Å². The molecular formula is C22H30IN5O3. The Balaban J connectivity index is 0.00000272. The molecule has 1 fully saturated rings. The van der Waals surface area contributed by atoms with Crippen LogP contribution in [-0.4, -0.2) is 57.0 Å². The summed E-state index contributed by atoms with van der Waals surface area (Å²) in [5, 5.41) is 6.62. The molecule has 3 heterocycles. The molecule has 2 aliphatic rings. The minimum Gasteiger partial charge on any atom is -0.490 e. The van der Waals surface area contributed by atoms with Crippen molar-refractivity contribution >= 4 is 41.4 Å². The normalized spacial score (nSPS) is 18.6. The number of nitrogens with one attached hydrogen (secondary N) is 2. The molecule has 1 atom stereocenters. The van der Waals surface area contributed by atoms with Gasteiger partial charge in [-0.3, -0.25) is 4.99 Å². The lowest BCUT2D eigenvalue weighted by atomic mass is 10.2. The van der Waals surface area contributed by atoms with Gasteiger partial charge in [-0.2, -0.15) is 0 Å². The number of anilines is 2. The first kappa shape index (κ1) is 23.4. The number of rotatable bonds is 4. The van der Waals surface area contributed by atoms with E-state index < -0.39 is 0 Å². The SMILES string of the molecule is CN=C(NCc1ccc(N2CCOC(C)C2)nc1)Nc1ccc2c(c1)OCCCO2.I. The van der Waals surface area contributed by atoms with E-state index in [2.05, 4.69) is 44.6 Å². The first-order chi connectivity index (χ1) is 14.7. The zero-order valence-electron chi connectivity index (χ0n) is 18.0. The molecule has 0 spiro atoms. The molecule has 1 unspecified atom stereocenters. The fourth-order valence-electron chi connectivity index (χ4n) is 3.48. The van der Waals surface area contributed by atoms with Gasteiger partial charge in [-0.1, -0.05) is 6.07 Å². The molecule has 0 radical (unpaired) electrons. The average Bonchev–Trinajstić information content (AvgIpc) is 3.02. The fourth-order valence-corrected chi connectivity index (χ4v) is 3.48. The van der Waals surface area contributed by atoms with Gasteiger partial charge in [-0.15, -0.1) is 24.0 Å². The molecular weight excluding hydrogens is 509 g/mol. The van der Waals surface area contributed by atoms with E-state index in [0.717, 1.165) is 54.7 Å². The Morgan fingerprint density at radius 1 is 1.16 bits per heavy atom. The molecule has 1 saturated heterocycles. The van der Waals surface area contributed by atoms with E-state index in [9.17, 15) is 0 Å². The highest BCUT2D eigenvalue weighted by atomic mass is 127. The Morgan fingerprint density at radius 2 is 2.00 bits per heavy atom. The Kier molecular flexibility index (Phi) is 8.59. The van der Waals surface area contributed by atoms with Gasteiger partial charge in [0.05, 0.1) is 25.9 Å². The second-order valence-corrected chi connectivity index (χ2v) is 7.41. The molecule has 2 aliphatic heterocycles. The van der Waals surface area contributed by atoms with Crippen LogP contribution >= 0.6 is 24.0 Å². The molecule has 0 aliphatic carbocycles. The van der Waals surface area contributed by atoms with Crippen molar-refractivity contribution in [3.63, 3.8) is 0 Å². The number of aliphatic imine (C=N–C) groups is 1. The van der Waals surface area contributed by atoms with Crippen LogP contribution in [0.5, 0.6) is 11.5 Å². The summed E-state index contributed by atoms with van der Waals surface area (Å²) in [6, 6.07) is 9.98. The molecule has 31 heavy (non-hydrogen) atoms. The Morgan fingerprint density at radius 3 is 2.74 bits per heavy atom. The van der Waals surface area contributed by atoms with Gasteiger partial charge in [0.2, 0.25) is 0 Å². The van der Waals surface area contributed by atoms with Crippen molar-refractivity contribution in [3.8, 4) is 11.5 Å². The van der Waals surface area contributed by atoms with Crippen molar-refractivity contribution in [1.82, 2.24) is 10.3 Å². The molecule has 4 rings (SSSR count). The number of guanidine groups is 1. The molecule has 1 aromatic heterocycles. The zero-order valence-corrected chi connectivity index (χ0v) is 20.3. The zero-order chi connectivity index (χ0) is 20.8. The summed E-state index contributed by atoms with van der Waals surface area (Å²) in [6.07, 6.45) is 3.03.